The van der Waals surface area contributed by atoms with Crippen molar-refractivity contribution >= 4 is 19.7 Å². The molecule has 0 fully saturated rings. The summed E-state index contributed by atoms with van der Waals surface area (Å²) in [6.45, 7) is 6.91. The topological polar surface area (TPSA) is 111 Å². The number of phosphoric acid groups is 1. The number of amides is 1. The Hall–Kier alpha value is -2.29. The third kappa shape index (κ3) is 60.3. The van der Waals surface area contributed by atoms with Crippen LogP contribution in [0.1, 0.15) is 323 Å². The molecule has 3 unspecified atom stereocenters. The lowest BCUT2D eigenvalue weighted by molar-refractivity contribution is -0.870. The molecule has 0 aromatic carbocycles. The smallest absolute Gasteiger partial charge is 0.456 e. The van der Waals surface area contributed by atoms with Gasteiger partial charge >= 0.3 is 13.8 Å². The first-order valence-corrected chi connectivity index (χ1v) is 35.6. The zero-order valence-electron chi connectivity index (χ0n) is 53.6. The van der Waals surface area contributed by atoms with Crippen LogP contribution in [0.3, 0.4) is 0 Å². The van der Waals surface area contributed by atoms with E-state index in [-0.39, 0.29) is 25.1 Å². The minimum Gasteiger partial charge on any atom is -0.456 e. The average molecular weight is 1140 g/mol. The lowest BCUT2D eigenvalue weighted by Crippen LogP contribution is -2.47. The third-order valence-corrected chi connectivity index (χ3v) is 16.2. The van der Waals surface area contributed by atoms with Gasteiger partial charge in [-0.1, -0.05) is 281 Å². The molecule has 0 aliphatic rings. The molecule has 0 radical (unpaired) electrons. The summed E-state index contributed by atoms with van der Waals surface area (Å²) in [4.78, 5) is 37.8. The molecule has 3 atom stereocenters. The van der Waals surface area contributed by atoms with E-state index in [0.717, 1.165) is 89.9 Å². The number of nitrogens with zero attached hydrogens (tertiary/aromatic N) is 1. The normalized spacial score (nSPS) is 13.9. The lowest BCUT2D eigenvalue weighted by atomic mass is 10.0. The largest absolute Gasteiger partial charge is 0.472 e. The Kier molecular flexibility index (Phi) is 58.1. The van der Waals surface area contributed by atoms with Gasteiger partial charge in [0, 0.05) is 12.8 Å². The van der Waals surface area contributed by atoms with E-state index in [0.29, 0.717) is 23.9 Å². The van der Waals surface area contributed by atoms with Crippen molar-refractivity contribution in [2.24, 2.45) is 0 Å². The number of hydrogen-bond acceptors (Lipinski definition) is 6. The van der Waals surface area contributed by atoms with Crippen molar-refractivity contribution in [3.8, 4) is 0 Å². The number of unbranched alkanes of at least 4 members (excludes halogenated alkanes) is 38. The third-order valence-electron chi connectivity index (χ3n) is 15.2. The van der Waals surface area contributed by atoms with E-state index in [1.165, 1.54) is 199 Å². The van der Waals surface area contributed by atoms with Crippen LogP contribution < -0.4 is 5.32 Å². The summed E-state index contributed by atoms with van der Waals surface area (Å²) >= 11 is 0. The molecule has 0 aromatic heterocycles. The van der Waals surface area contributed by atoms with E-state index < -0.39 is 20.0 Å². The highest BCUT2D eigenvalue weighted by molar-refractivity contribution is 7.47. The van der Waals surface area contributed by atoms with Crippen LogP contribution in [0.5, 0.6) is 0 Å². The number of nitrogens with one attached hydrogen (secondary N) is 1. The minimum absolute atomic E-state index is 0.0388. The summed E-state index contributed by atoms with van der Waals surface area (Å²) in [5.41, 5.74) is 0. The SMILES string of the molecule is CC/C=C/C/C=C/CCCCCCCCCC(=O)NC(COP(=O)(O)OCC[N+](C)(C)C)C(/C=C\CCCCCCCCCCCCC)OC(=O)CCCCCCCCCCCCCCCCCCC/C=C\C/C=C\CCCCC. The molecule has 1 amide bonds. The maximum absolute atomic E-state index is 13.6. The van der Waals surface area contributed by atoms with Gasteiger partial charge in [0.2, 0.25) is 5.91 Å². The predicted octanol–water partition coefficient (Wildman–Crippen LogP) is 21.4. The first-order valence-electron chi connectivity index (χ1n) is 34.1. The Bertz CT molecular complexity index is 1550. The maximum Gasteiger partial charge on any atom is 0.472 e. The monoisotopic (exact) mass is 1140 g/mol. The summed E-state index contributed by atoms with van der Waals surface area (Å²) in [7, 11) is 1.50. The number of esters is 1. The fraction of sp³-hybridized carbons (Fsp3) is 0.829. The molecule has 0 aromatic rings. The van der Waals surface area contributed by atoms with Crippen molar-refractivity contribution in [1.82, 2.24) is 5.32 Å². The van der Waals surface area contributed by atoms with Crippen LogP contribution in [0.15, 0.2) is 60.8 Å². The van der Waals surface area contributed by atoms with Crippen molar-refractivity contribution in [2.45, 2.75) is 335 Å². The van der Waals surface area contributed by atoms with Crippen molar-refractivity contribution in [2.75, 3.05) is 40.9 Å². The fourth-order valence-electron chi connectivity index (χ4n) is 9.95. The summed E-state index contributed by atoms with van der Waals surface area (Å²) in [6, 6.07) is -0.852. The Morgan fingerprint density at radius 1 is 0.450 bits per heavy atom. The Morgan fingerprint density at radius 3 is 1.21 bits per heavy atom. The number of rotatable bonds is 62. The van der Waals surface area contributed by atoms with E-state index in [1.807, 2.05) is 33.3 Å². The van der Waals surface area contributed by atoms with Crippen LogP contribution in [0.2, 0.25) is 0 Å². The van der Waals surface area contributed by atoms with Gasteiger partial charge in [-0.2, -0.15) is 0 Å². The molecule has 0 bridgehead atoms. The van der Waals surface area contributed by atoms with Gasteiger partial charge in [-0.15, -0.1) is 0 Å². The molecular formula is C70H132N2O7P+. The van der Waals surface area contributed by atoms with Gasteiger partial charge in [-0.3, -0.25) is 18.6 Å². The molecule has 0 aliphatic heterocycles. The number of allylic oxidation sites excluding steroid dienone is 9. The minimum atomic E-state index is -4.45. The number of hydrogen-bond donors (Lipinski definition) is 2. The molecule has 0 heterocycles. The van der Waals surface area contributed by atoms with Crippen LogP contribution in [0, 0.1) is 0 Å². The second kappa shape index (κ2) is 59.9. The quantitative estimate of drug-likeness (QED) is 0.0205. The number of ether oxygens (including phenoxy) is 1. The zero-order valence-corrected chi connectivity index (χ0v) is 54.5. The van der Waals surface area contributed by atoms with Crippen LogP contribution in [-0.2, 0) is 27.9 Å². The molecule has 80 heavy (non-hydrogen) atoms. The summed E-state index contributed by atoms with van der Waals surface area (Å²) in [6.07, 6.45) is 76.6. The molecule has 0 saturated heterocycles. The molecule has 10 heteroatoms. The molecule has 0 spiro atoms. The van der Waals surface area contributed by atoms with E-state index in [9.17, 15) is 19.0 Å². The molecule has 0 aliphatic carbocycles. The zero-order chi connectivity index (χ0) is 58.6. The van der Waals surface area contributed by atoms with Crippen molar-refractivity contribution in [3.63, 3.8) is 0 Å². The first kappa shape index (κ1) is 77.7. The maximum atomic E-state index is 13.6. The number of quaternary nitrogens is 1. The Morgan fingerprint density at radius 2 is 0.800 bits per heavy atom. The molecule has 2 N–H and O–H groups in total. The molecular weight excluding hydrogens is 1010 g/mol. The highest BCUT2D eigenvalue weighted by atomic mass is 31.2. The Balaban J connectivity index is 5.02. The van der Waals surface area contributed by atoms with Crippen LogP contribution in [-0.4, -0.2) is 74.3 Å². The van der Waals surface area contributed by atoms with Crippen molar-refractivity contribution < 1.29 is 37.3 Å². The molecule has 0 saturated carbocycles. The highest BCUT2D eigenvalue weighted by Crippen LogP contribution is 2.43. The van der Waals surface area contributed by atoms with Gasteiger partial charge in [0.25, 0.3) is 0 Å². The second-order valence-electron chi connectivity index (χ2n) is 24.3. The second-order valence-corrected chi connectivity index (χ2v) is 25.8. The van der Waals surface area contributed by atoms with Gasteiger partial charge in [0.1, 0.15) is 19.3 Å². The fourth-order valence-corrected chi connectivity index (χ4v) is 10.7. The Labute approximate surface area is 496 Å². The van der Waals surface area contributed by atoms with Gasteiger partial charge < -0.3 is 19.4 Å². The van der Waals surface area contributed by atoms with Crippen LogP contribution in [0.4, 0.5) is 0 Å². The summed E-state index contributed by atoms with van der Waals surface area (Å²) in [5, 5.41) is 3.06. The van der Waals surface area contributed by atoms with E-state index in [4.69, 9.17) is 13.8 Å². The van der Waals surface area contributed by atoms with Crippen LogP contribution >= 0.6 is 7.82 Å². The van der Waals surface area contributed by atoms with Crippen molar-refractivity contribution in [1.29, 1.82) is 0 Å². The molecule has 9 nitrogen and oxygen atoms in total. The van der Waals surface area contributed by atoms with Gasteiger partial charge in [-0.05, 0) is 89.5 Å². The number of carbonyl (C=O) groups is 2. The van der Waals surface area contributed by atoms with Gasteiger partial charge in [0.15, 0.2) is 0 Å². The molecule has 0 rings (SSSR count). The standard InChI is InChI=1S/C70H131N2O7P/c1-7-10-13-16-19-22-25-28-30-31-32-33-34-35-36-37-38-39-40-41-42-45-48-51-54-57-60-63-70(74)79-68(61-58-55-52-49-46-43-27-24-21-18-15-12-9-3)67(66-78-80(75,76)77-65-64-72(4,5)6)71-69(73)62-59-56-53-50-47-44-29-26-23-20-17-14-11-8-2/h11,14,19-20,22-23,28,30,58,61,67-68H,7-10,12-13,15-18,21,24-27,29,31-57,59-60,62-66H2,1-6H3,(H-,71,73,75,76)/p+1/b14-11+,22-19-,23-20+,30-28-,61-58-. The summed E-state index contributed by atoms with van der Waals surface area (Å²) < 4.78 is 30.8. The predicted molar refractivity (Wildman–Crippen MR) is 346 cm³/mol. The number of carbonyl (C=O) groups excluding carboxylic acids is 2. The van der Waals surface area contributed by atoms with Gasteiger partial charge in [-0.25, -0.2) is 4.57 Å². The lowest BCUT2D eigenvalue weighted by Gasteiger charge is -2.27. The highest BCUT2D eigenvalue weighted by Gasteiger charge is 2.30. The number of phosphoric ester groups is 1. The van der Waals surface area contributed by atoms with E-state index in [1.54, 1.807) is 0 Å². The van der Waals surface area contributed by atoms with Crippen LogP contribution in [0.25, 0.3) is 0 Å². The first-order chi connectivity index (χ1) is 38.9. The summed E-state index contributed by atoms with van der Waals surface area (Å²) in [5.74, 6) is -0.504. The van der Waals surface area contributed by atoms with Gasteiger partial charge in [0.05, 0.1) is 33.8 Å². The number of likely N-dealkylation sites (N-methyl/N-ethyl adjacent to an activating group) is 1. The van der Waals surface area contributed by atoms with E-state index in [2.05, 4.69) is 74.7 Å². The van der Waals surface area contributed by atoms with E-state index >= 15 is 0 Å². The average Bonchev–Trinajstić information content (AvgIpc) is 3.42. The van der Waals surface area contributed by atoms with Crippen molar-refractivity contribution in [3.05, 3.63) is 60.8 Å². The molecule has 468 valence electrons.